The van der Waals surface area contributed by atoms with Crippen LogP contribution >= 0.6 is 0 Å². The van der Waals surface area contributed by atoms with Gasteiger partial charge in [0.25, 0.3) is 0 Å². The molecule has 0 aliphatic carbocycles. The zero-order valence-electron chi connectivity index (χ0n) is 10.4. The predicted octanol–water partition coefficient (Wildman–Crippen LogP) is 1.15. The maximum absolute atomic E-state index is 11.3. The summed E-state index contributed by atoms with van der Waals surface area (Å²) in [6.45, 7) is 8.14. The maximum Gasteiger partial charge on any atom is 0.309 e. The molecular weight excluding hydrogens is 194 g/mol. The molecule has 0 aromatic rings. The predicted molar refractivity (Wildman–Crippen MR) is 59.8 cm³/mol. The molecule has 0 aliphatic heterocycles. The first-order valence-corrected chi connectivity index (χ1v) is 5.40. The van der Waals surface area contributed by atoms with Crippen LogP contribution in [0, 0.1) is 5.92 Å². The van der Waals surface area contributed by atoms with Gasteiger partial charge in [0.1, 0.15) is 0 Å². The van der Waals surface area contributed by atoms with Gasteiger partial charge in [0.2, 0.25) is 0 Å². The van der Waals surface area contributed by atoms with Gasteiger partial charge in [0.15, 0.2) is 0 Å². The Labute approximate surface area is 92.5 Å². The Balaban J connectivity index is 3.95. The average Bonchev–Trinajstić information content (AvgIpc) is 2.26. The molecule has 90 valence electrons. The van der Waals surface area contributed by atoms with Crippen LogP contribution in [-0.2, 0) is 14.3 Å². The van der Waals surface area contributed by atoms with Gasteiger partial charge in [-0.25, -0.2) is 0 Å². The fourth-order valence-corrected chi connectivity index (χ4v) is 1.32. The Morgan fingerprint density at radius 1 is 1.40 bits per heavy atom. The summed E-state index contributed by atoms with van der Waals surface area (Å²) in [5, 5.41) is 0. The molecule has 0 rings (SSSR count). The molecule has 0 bridgehead atoms. The monoisotopic (exact) mass is 217 g/mol. The summed E-state index contributed by atoms with van der Waals surface area (Å²) in [5.74, 6) is -0.271. The molecule has 0 aliphatic rings. The van der Waals surface area contributed by atoms with E-state index < -0.39 is 0 Å². The maximum atomic E-state index is 11.3. The molecule has 0 N–H and O–H groups in total. The second-order valence-corrected chi connectivity index (χ2v) is 3.73. The van der Waals surface area contributed by atoms with E-state index >= 15 is 0 Å². The molecule has 0 amide bonds. The minimum absolute atomic E-state index is 0.110. The largest absolute Gasteiger partial charge is 0.469 e. The van der Waals surface area contributed by atoms with Crippen molar-refractivity contribution >= 4 is 5.97 Å². The van der Waals surface area contributed by atoms with Crippen molar-refractivity contribution < 1.29 is 14.3 Å². The van der Waals surface area contributed by atoms with E-state index in [1.165, 1.54) is 7.11 Å². The number of carbonyl (C=O) groups excluding carboxylic acids is 1. The van der Waals surface area contributed by atoms with Crippen molar-refractivity contribution in [3.63, 3.8) is 0 Å². The molecule has 2 unspecified atom stereocenters. The first-order chi connectivity index (χ1) is 7.04. The molecule has 0 spiro atoms. The number of rotatable bonds is 7. The molecule has 0 fully saturated rings. The molecule has 0 aromatic heterocycles. The molecule has 0 saturated heterocycles. The van der Waals surface area contributed by atoms with Crippen LogP contribution in [0.3, 0.4) is 0 Å². The standard InChI is InChI=1S/C11H23NO3/c1-6-15-8-7-12(4)10(3)9(2)11(13)14-5/h9-10H,6-8H2,1-5H3. The lowest BCUT2D eigenvalue weighted by Gasteiger charge is -2.28. The second kappa shape index (κ2) is 7.65. The first-order valence-electron chi connectivity index (χ1n) is 5.40. The van der Waals surface area contributed by atoms with Gasteiger partial charge in [-0.2, -0.15) is 0 Å². The van der Waals surface area contributed by atoms with E-state index in [1.807, 2.05) is 27.8 Å². The molecule has 2 atom stereocenters. The van der Waals surface area contributed by atoms with Gasteiger partial charge in [-0.15, -0.1) is 0 Å². The van der Waals surface area contributed by atoms with E-state index in [-0.39, 0.29) is 17.9 Å². The van der Waals surface area contributed by atoms with Crippen molar-refractivity contribution in [2.75, 3.05) is 33.9 Å². The smallest absolute Gasteiger partial charge is 0.309 e. The Morgan fingerprint density at radius 2 is 2.00 bits per heavy atom. The fourth-order valence-electron chi connectivity index (χ4n) is 1.32. The zero-order chi connectivity index (χ0) is 11.8. The van der Waals surface area contributed by atoms with Crippen molar-refractivity contribution in [2.45, 2.75) is 26.8 Å². The minimum Gasteiger partial charge on any atom is -0.469 e. The fraction of sp³-hybridized carbons (Fsp3) is 0.909. The lowest BCUT2D eigenvalue weighted by molar-refractivity contribution is -0.146. The Bertz CT molecular complexity index is 185. The summed E-state index contributed by atoms with van der Waals surface area (Å²) < 4.78 is 9.98. The van der Waals surface area contributed by atoms with Gasteiger partial charge >= 0.3 is 5.97 Å². The van der Waals surface area contributed by atoms with Crippen LogP contribution in [0.5, 0.6) is 0 Å². The van der Waals surface area contributed by atoms with Crippen LogP contribution in [-0.4, -0.2) is 50.8 Å². The van der Waals surface area contributed by atoms with Crippen molar-refractivity contribution in [1.82, 2.24) is 4.90 Å². The molecule has 15 heavy (non-hydrogen) atoms. The number of carbonyl (C=O) groups is 1. The minimum atomic E-state index is -0.161. The van der Waals surface area contributed by atoms with E-state index in [1.54, 1.807) is 0 Å². The zero-order valence-corrected chi connectivity index (χ0v) is 10.4. The van der Waals surface area contributed by atoms with Gasteiger partial charge < -0.3 is 14.4 Å². The lowest BCUT2D eigenvalue weighted by atomic mass is 10.0. The Morgan fingerprint density at radius 3 is 2.47 bits per heavy atom. The van der Waals surface area contributed by atoms with Crippen molar-refractivity contribution in [3.05, 3.63) is 0 Å². The van der Waals surface area contributed by atoms with Crippen molar-refractivity contribution in [2.24, 2.45) is 5.92 Å². The number of hydrogen-bond acceptors (Lipinski definition) is 4. The second-order valence-electron chi connectivity index (χ2n) is 3.73. The first kappa shape index (κ1) is 14.4. The highest BCUT2D eigenvalue weighted by Gasteiger charge is 2.23. The molecule has 0 heterocycles. The quantitative estimate of drug-likeness (QED) is 0.474. The number of hydrogen-bond donors (Lipinski definition) is 0. The third-order valence-corrected chi connectivity index (χ3v) is 2.78. The topological polar surface area (TPSA) is 38.8 Å². The van der Waals surface area contributed by atoms with Crippen LogP contribution in [0.4, 0.5) is 0 Å². The number of likely N-dealkylation sites (N-methyl/N-ethyl adjacent to an activating group) is 1. The number of ether oxygens (including phenoxy) is 2. The van der Waals surface area contributed by atoms with E-state index in [9.17, 15) is 4.79 Å². The number of nitrogens with zero attached hydrogens (tertiary/aromatic N) is 1. The van der Waals surface area contributed by atoms with Gasteiger partial charge in [-0.05, 0) is 20.9 Å². The van der Waals surface area contributed by atoms with Gasteiger partial charge in [-0.3, -0.25) is 4.79 Å². The van der Waals surface area contributed by atoms with Crippen molar-refractivity contribution in [3.8, 4) is 0 Å². The molecular formula is C11H23NO3. The van der Waals surface area contributed by atoms with Crippen LogP contribution < -0.4 is 0 Å². The Kier molecular flexibility index (Phi) is 7.34. The Hall–Kier alpha value is -0.610. The van der Waals surface area contributed by atoms with E-state index in [2.05, 4.69) is 4.90 Å². The lowest BCUT2D eigenvalue weighted by Crippen LogP contribution is -2.40. The van der Waals surface area contributed by atoms with E-state index in [0.717, 1.165) is 13.2 Å². The molecule has 4 heteroatoms. The average molecular weight is 217 g/mol. The van der Waals surface area contributed by atoms with Crippen LogP contribution in [0.2, 0.25) is 0 Å². The summed E-state index contributed by atoms with van der Waals surface area (Å²) in [5.41, 5.74) is 0. The van der Waals surface area contributed by atoms with E-state index in [0.29, 0.717) is 6.61 Å². The summed E-state index contributed by atoms with van der Waals surface area (Å²) in [4.78, 5) is 13.4. The highest BCUT2D eigenvalue weighted by molar-refractivity contribution is 5.72. The SMILES string of the molecule is CCOCCN(C)C(C)C(C)C(=O)OC. The van der Waals surface area contributed by atoms with Gasteiger partial charge in [0, 0.05) is 19.2 Å². The number of methoxy groups -OCH3 is 1. The van der Waals surface area contributed by atoms with Crippen LogP contribution in [0.1, 0.15) is 20.8 Å². The summed E-state index contributed by atoms with van der Waals surface area (Å²) in [6, 6.07) is 0.165. The number of esters is 1. The summed E-state index contributed by atoms with van der Waals surface area (Å²) in [6.07, 6.45) is 0. The summed E-state index contributed by atoms with van der Waals surface area (Å²) >= 11 is 0. The third kappa shape index (κ3) is 5.14. The van der Waals surface area contributed by atoms with Crippen molar-refractivity contribution in [1.29, 1.82) is 0 Å². The van der Waals surface area contributed by atoms with Crippen LogP contribution in [0.25, 0.3) is 0 Å². The van der Waals surface area contributed by atoms with E-state index in [4.69, 9.17) is 9.47 Å². The molecule has 0 aromatic carbocycles. The normalized spacial score (nSPS) is 15.1. The molecule has 4 nitrogen and oxygen atoms in total. The highest BCUT2D eigenvalue weighted by Crippen LogP contribution is 2.10. The van der Waals surface area contributed by atoms with Gasteiger partial charge in [-0.1, -0.05) is 6.92 Å². The van der Waals surface area contributed by atoms with Gasteiger partial charge in [0.05, 0.1) is 19.6 Å². The summed E-state index contributed by atoms with van der Waals surface area (Å²) in [7, 11) is 3.41. The van der Waals surface area contributed by atoms with Crippen LogP contribution in [0.15, 0.2) is 0 Å². The highest BCUT2D eigenvalue weighted by atomic mass is 16.5. The third-order valence-electron chi connectivity index (χ3n) is 2.78. The molecule has 0 saturated carbocycles. The molecule has 0 radical (unpaired) electrons.